The summed E-state index contributed by atoms with van der Waals surface area (Å²) in [4.78, 5) is 24.0. The van der Waals surface area contributed by atoms with E-state index in [0.29, 0.717) is 5.75 Å². The number of rotatable bonds is 4. The molecular weight excluding hydrogens is 280 g/mol. The molecule has 6 heteroatoms. The molecule has 0 N–H and O–H groups in total. The summed E-state index contributed by atoms with van der Waals surface area (Å²) in [5.41, 5.74) is 0. The average molecular weight is 292 g/mol. The Morgan fingerprint density at radius 1 is 1.05 bits per heavy atom. The van der Waals surface area contributed by atoms with Gasteiger partial charge in [-0.25, -0.2) is 9.59 Å². The first kappa shape index (κ1) is 14.1. The standard InChI is InChI=1S/C14H12O5S/c1-17-10-8-11(13(15)18-2)20-12(10)14(16)19-9-6-4-3-5-7-9/h3-8H,1-2H3. The van der Waals surface area contributed by atoms with Crippen molar-refractivity contribution in [2.75, 3.05) is 14.2 Å². The van der Waals surface area contributed by atoms with E-state index in [-0.39, 0.29) is 15.5 Å². The van der Waals surface area contributed by atoms with Crippen molar-refractivity contribution < 1.29 is 23.8 Å². The minimum Gasteiger partial charge on any atom is -0.495 e. The van der Waals surface area contributed by atoms with E-state index < -0.39 is 11.9 Å². The number of carbonyl (C=O) groups is 2. The van der Waals surface area contributed by atoms with Gasteiger partial charge in [0.15, 0.2) is 4.88 Å². The molecule has 0 aliphatic carbocycles. The fourth-order valence-electron chi connectivity index (χ4n) is 1.51. The third-order valence-corrected chi connectivity index (χ3v) is 3.52. The number of ether oxygens (including phenoxy) is 3. The Balaban J connectivity index is 2.25. The first-order valence-corrected chi connectivity index (χ1v) is 6.50. The van der Waals surface area contributed by atoms with Gasteiger partial charge in [0.25, 0.3) is 0 Å². The first-order chi connectivity index (χ1) is 9.65. The maximum Gasteiger partial charge on any atom is 0.357 e. The second kappa shape index (κ2) is 6.21. The van der Waals surface area contributed by atoms with Crippen LogP contribution in [0.25, 0.3) is 0 Å². The number of benzene rings is 1. The maximum absolute atomic E-state index is 12.1. The van der Waals surface area contributed by atoms with Crippen LogP contribution in [-0.4, -0.2) is 26.2 Å². The van der Waals surface area contributed by atoms with E-state index in [0.717, 1.165) is 11.3 Å². The summed E-state index contributed by atoms with van der Waals surface area (Å²) in [6.45, 7) is 0. The van der Waals surface area contributed by atoms with Gasteiger partial charge in [-0.15, -0.1) is 11.3 Å². The lowest BCUT2D eigenvalue weighted by atomic mass is 10.3. The van der Waals surface area contributed by atoms with Gasteiger partial charge in [0.2, 0.25) is 0 Å². The van der Waals surface area contributed by atoms with E-state index in [2.05, 4.69) is 4.74 Å². The molecular formula is C14H12O5S. The Labute approximate surface area is 119 Å². The van der Waals surface area contributed by atoms with Crippen LogP contribution in [0.15, 0.2) is 36.4 Å². The largest absolute Gasteiger partial charge is 0.495 e. The van der Waals surface area contributed by atoms with Crippen molar-refractivity contribution in [3.8, 4) is 11.5 Å². The molecule has 0 aliphatic heterocycles. The fraction of sp³-hybridized carbons (Fsp3) is 0.143. The van der Waals surface area contributed by atoms with Crippen LogP contribution in [0.3, 0.4) is 0 Å². The van der Waals surface area contributed by atoms with E-state index in [1.54, 1.807) is 24.3 Å². The van der Waals surface area contributed by atoms with Gasteiger partial charge in [0.1, 0.15) is 16.4 Å². The summed E-state index contributed by atoms with van der Waals surface area (Å²) in [6.07, 6.45) is 0. The van der Waals surface area contributed by atoms with Gasteiger partial charge < -0.3 is 14.2 Å². The zero-order valence-electron chi connectivity index (χ0n) is 10.9. The van der Waals surface area contributed by atoms with Crippen molar-refractivity contribution in [1.29, 1.82) is 0 Å². The van der Waals surface area contributed by atoms with Crippen molar-refractivity contribution in [3.05, 3.63) is 46.2 Å². The fourth-order valence-corrected chi connectivity index (χ4v) is 2.43. The lowest BCUT2D eigenvalue weighted by Crippen LogP contribution is -2.07. The molecule has 0 spiro atoms. The van der Waals surface area contributed by atoms with Crippen molar-refractivity contribution in [1.82, 2.24) is 0 Å². The lowest BCUT2D eigenvalue weighted by Gasteiger charge is -2.03. The Bertz CT molecular complexity index is 618. The van der Waals surface area contributed by atoms with Gasteiger partial charge in [-0.2, -0.15) is 0 Å². The van der Waals surface area contributed by atoms with E-state index in [1.165, 1.54) is 20.3 Å². The summed E-state index contributed by atoms with van der Waals surface area (Å²) in [6, 6.07) is 10.1. The van der Waals surface area contributed by atoms with Gasteiger partial charge in [-0.3, -0.25) is 0 Å². The van der Waals surface area contributed by atoms with Gasteiger partial charge in [0, 0.05) is 6.07 Å². The van der Waals surface area contributed by atoms with Crippen LogP contribution in [-0.2, 0) is 4.74 Å². The molecule has 0 bridgehead atoms. The molecule has 5 nitrogen and oxygen atoms in total. The Morgan fingerprint density at radius 3 is 2.35 bits per heavy atom. The highest BCUT2D eigenvalue weighted by atomic mass is 32.1. The first-order valence-electron chi connectivity index (χ1n) is 5.69. The molecule has 2 aromatic rings. The molecule has 0 aliphatic rings. The van der Waals surface area contributed by atoms with E-state index in [9.17, 15) is 9.59 Å². The van der Waals surface area contributed by atoms with Gasteiger partial charge >= 0.3 is 11.9 Å². The lowest BCUT2D eigenvalue weighted by molar-refractivity contribution is 0.0605. The van der Waals surface area contributed by atoms with Gasteiger partial charge in [0.05, 0.1) is 14.2 Å². The molecule has 0 saturated heterocycles. The second-order valence-corrected chi connectivity index (χ2v) is 4.75. The van der Waals surface area contributed by atoms with E-state index >= 15 is 0 Å². The quantitative estimate of drug-likeness (QED) is 0.640. The second-order valence-electron chi connectivity index (χ2n) is 3.70. The monoisotopic (exact) mass is 292 g/mol. The smallest absolute Gasteiger partial charge is 0.357 e. The van der Waals surface area contributed by atoms with E-state index in [4.69, 9.17) is 9.47 Å². The highest BCUT2D eigenvalue weighted by Gasteiger charge is 2.22. The summed E-state index contributed by atoms with van der Waals surface area (Å²) in [5.74, 6) is -0.385. The molecule has 1 aromatic carbocycles. The summed E-state index contributed by atoms with van der Waals surface area (Å²) >= 11 is 0.970. The number of methoxy groups -OCH3 is 2. The highest BCUT2D eigenvalue weighted by molar-refractivity contribution is 7.16. The van der Waals surface area contributed by atoms with Crippen LogP contribution in [0.4, 0.5) is 0 Å². The summed E-state index contributed by atoms with van der Waals surface area (Å²) < 4.78 is 14.9. The van der Waals surface area contributed by atoms with Crippen molar-refractivity contribution >= 4 is 23.3 Å². The normalized spacial score (nSPS) is 9.90. The van der Waals surface area contributed by atoms with Gasteiger partial charge in [-0.05, 0) is 12.1 Å². The molecule has 104 valence electrons. The molecule has 1 heterocycles. The van der Waals surface area contributed by atoms with Crippen molar-refractivity contribution in [2.24, 2.45) is 0 Å². The molecule has 0 atom stereocenters. The molecule has 1 aromatic heterocycles. The molecule has 0 radical (unpaired) electrons. The predicted octanol–water partition coefficient (Wildman–Crippen LogP) is 2.76. The number of hydrogen-bond acceptors (Lipinski definition) is 6. The molecule has 0 saturated carbocycles. The zero-order valence-corrected chi connectivity index (χ0v) is 11.7. The SMILES string of the molecule is COC(=O)c1cc(OC)c(C(=O)Oc2ccccc2)s1. The number of thiophene rings is 1. The Kier molecular flexibility index (Phi) is 4.37. The summed E-state index contributed by atoms with van der Waals surface area (Å²) in [7, 11) is 2.69. The third kappa shape index (κ3) is 2.97. The topological polar surface area (TPSA) is 61.8 Å². The highest BCUT2D eigenvalue weighted by Crippen LogP contribution is 2.30. The number of hydrogen-bond donors (Lipinski definition) is 0. The molecule has 0 fully saturated rings. The van der Waals surface area contributed by atoms with Crippen LogP contribution in [0.1, 0.15) is 19.3 Å². The minimum absolute atomic E-state index is 0.219. The maximum atomic E-state index is 12.1. The number of carbonyl (C=O) groups excluding carboxylic acids is 2. The van der Waals surface area contributed by atoms with Crippen molar-refractivity contribution in [3.63, 3.8) is 0 Å². The molecule has 0 unspecified atom stereocenters. The van der Waals surface area contributed by atoms with Crippen LogP contribution in [0, 0.1) is 0 Å². The van der Waals surface area contributed by atoms with Crippen LogP contribution in [0.2, 0.25) is 0 Å². The average Bonchev–Trinajstić information content (AvgIpc) is 2.91. The third-order valence-electron chi connectivity index (χ3n) is 2.44. The van der Waals surface area contributed by atoms with Crippen LogP contribution >= 0.6 is 11.3 Å². The number of para-hydroxylation sites is 1. The van der Waals surface area contributed by atoms with Gasteiger partial charge in [-0.1, -0.05) is 18.2 Å². The Hall–Kier alpha value is -2.34. The number of esters is 2. The van der Waals surface area contributed by atoms with E-state index in [1.807, 2.05) is 6.07 Å². The predicted molar refractivity (Wildman–Crippen MR) is 73.6 cm³/mol. The zero-order chi connectivity index (χ0) is 14.5. The molecule has 2 rings (SSSR count). The van der Waals surface area contributed by atoms with Crippen molar-refractivity contribution in [2.45, 2.75) is 0 Å². The summed E-state index contributed by atoms with van der Waals surface area (Å²) in [5, 5.41) is 0. The molecule has 0 amide bonds. The van der Waals surface area contributed by atoms with Crippen LogP contribution in [0.5, 0.6) is 11.5 Å². The van der Waals surface area contributed by atoms with Crippen LogP contribution < -0.4 is 9.47 Å². The molecule has 20 heavy (non-hydrogen) atoms. The minimum atomic E-state index is -0.576. The Morgan fingerprint density at radius 2 is 1.75 bits per heavy atom.